The number of likely N-dealkylation sites (tertiary alicyclic amines) is 1. The Morgan fingerprint density at radius 3 is 2.29 bits per heavy atom. The summed E-state index contributed by atoms with van der Waals surface area (Å²) >= 11 is 0. The van der Waals surface area contributed by atoms with Crippen LogP contribution in [-0.2, 0) is 14.8 Å². The summed E-state index contributed by atoms with van der Waals surface area (Å²) in [4.78, 5) is 14.6. The van der Waals surface area contributed by atoms with E-state index in [0.717, 1.165) is 16.7 Å². The number of hydrogen-bond acceptors (Lipinski definition) is 3. The van der Waals surface area contributed by atoms with Gasteiger partial charge in [0.15, 0.2) is 0 Å². The minimum atomic E-state index is -3.52. The number of rotatable bonds is 3. The maximum atomic E-state index is 13.1. The Hall–Kier alpha value is -2.18. The third kappa shape index (κ3) is 3.14. The molecule has 2 heterocycles. The van der Waals surface area contributed by atoms with E-state index in [2.05, 4.69) is 19.1 Å². The van der Waals surface area contributed by atoms with E-state index in [9.17, 15) is 13.2 Å². The standard InChI is InChI=1S/C22H26N2O3S/c1-15-8-10-19(11-9-15)28(26,27)23-12-18-13-24(17(3)25)22(21(18)14-23)20-7-5-4-6-16(20)2/h4-11,18,21-22H,12-14H2,1-3H3/t18-,21-,22+/m1/s1. The van der Waals surface area contributed by atoms with Crippen LogP contribution in [0.1, 0.15) is 29.7 Å². The van der Waals surface area contributed by atoms with Crippen LogP contribution in [0.25, 0.3) is 0 Å². The summed E-state index contributed by atoms with van der Waals surface area (Å²) in [5.41, 5.74) is 3.30. The number of amides is 1. The molecule has 2 aliphatic heterocycles. The molecule has 2 aliphatic rings. The van der Waals surface area contributed by atoms with Gasteiger partial charge in [0.05, 0.1) is 10.9 Å². The second-order valence-corrected chi connectivity index (χ2v) is 9.97. The monoisotopic (exact) mass is 398 g/mol. The van der Waals surface area contributed by atoms with Crippen LogP contribution in [0.2, 0.25) is 0 Å². The lowest BCUT2D eigenvalue weighted by Gasteiger charge is -2.30. The average Bonchev–Trinajstić information content (AvgIpc) is 3.21. The molecule has 0 saturated carbocycles. The highest BCUT2D eigenvalue weighted by Gasteiger charge is 2.51. The molecule has 3 atom stereocenters. The molecule has 6 heteroatoms. The van der Waals surface area contributed by atoms with Crippen LogP contribution >= 0.6 is 0 Å². The first-order valence-corrected chi connectivity index (χ1v) is 11.1. The van der Waals surface area contributed by atoms with Gasteiger partial charge < -0.3 is 4.90 Å². The molecule has 4 rings (SSSR count). The van der Waals surface area contributed by atoms with Gasteiger partial charge in [0.1, 0.15) is 0 Å². The van der Waals surface area contributed by atoms with Gasteiger partial charge in [-0.05, 0) is 43.0 Å². The molecule has 148 valence electrons. The van der Waals surface area contributed by atoms with Gasteiger partial charge in [0.25, 0.3) is 0 Å². The average molecular weight is 399 g/mol. The van der Waals surface area contributed by atoms with E-state index in [1.807, 2.05) is 36.1 Å². The summed E-state index contributed by atoms with van der Waals surface area (Å²) in [5, 5.41) is 0. The topological polar surface area (TPSA) is 57.7 Å². The number of fused-ring (bicyclic) bond motifs is 1. The van der Waals surface area contributed by atoms with Crippen molar-refractivity contribution >= 4 is 15.9 Å². The zero-order chi connectivity index (χ0) is 20.1. The van der Waals surface area contributed by atoms with Crippen LogP contribution < -0.4 is 0 Å². The normalized spacial score (nSPS) is 25.1. The highest BCUT2D eigenvalue weighted by molar-refractivity contribution is 7.89. The molecule has 5 nitrogen and oxygen atoms in total. The predicted molar refractivity (Wildman–Crippen MR) is 108 cm³/mol. The van der Waals surface area contributed by atoms with Crippen molar-refractivity contribution in [2.45, 2.75) is 31.7 Å². The Bertz CT molecular complexity index is 1000. The van der Waals surface area contributed by atoms with Gasteiger partial charge in [-0.2, -0.15) is 4.31 Å². The predicted octanol–water partition coefficient (Wildman–Crippen LogP) is 3.14. The Morgan fingerprint density at radius 1 is 0.964 bits per heavy atom. The Kier molecular flexibility index (Phi) is 4.79. The van der Waals surface area contributed by atoms with E-state index < -0.39 is 10.0 Å². The molecule has 0 unspecified atom stereocenters. The second kappa shape index (κ2) is 7.01. The summed E-state index contributed by atoms with van der Waals surface area (Å²) in [6.45, 7) is 7.12. The van der Waals surface area contributed by atoms with Crippen LogP contribution in [0.4, 0.5) is 0 Å². The fourth-order valence-electron chi connectivity index (χ4n) is 4.70. The van der Waals surface area contributed by atoms with Crippen molar-refractivity contribution in [2.24, 2.45) is 11.8 Å². The summed E-state index contributed by atoms with van der Waals surface area (Å²) in [6, 6.07) is 15.1. The number of nitrogens with zero attached hydrogens (tertiary/aromatic N) is 2. The van der Waals surface area contributed by atoms with E-state index in [0.29, 0.717) is 24.5 Å². The van der Waals surface area contributed by atoms with Crippen LogP contribution in [0.15, 0.2) is 53.4 Å². The number of benzene rings is 2. The van der Waals surface area contributed by atoms with Gasteiger partial charge in [-0.15, -0.1) is 0 Å². The quantitative estimate of drug-likeness (QED) is 0.798. The molecular weight excluding hydrogens is 372 g/mol. The summed E-state index contributed by atoms with van der Waals surface area (Å²) < 4.78 is 27.9. The summed E-state index contributed by atoms with van der Waals surface area (Å²) in [6.07, 6.45) is 0. The third-order valence-electron chi connectivity index (χ3n) is 6.20. The largest absolute Gasteiger partial charge is 0.335 e. The Labute approximate surface area is 167 Å². The number of carbonyl (C=O) groups excluding carboxylic acids is 1. The van der Waals surface area contributed by atoms with Crippen LogP contribution in [-0.4, -0.2) is 43.2 Å². The van der Waals surface area contributed by atoms with Crippen molar-refractivity contribution in [3.8, 4) is 0 Å². The second-order valence-electron chi connectivity index (χ2n) is 8.03. The van der Waals surface area contributed by atoms with Crippen molar-refractivity contribution in [3.63, 3.8) is 0 Å². The molecule has 2 aromatic carbocycles. The lowest BCUT2D eigenvalue weighted by molar-refractivity contribution is -0.130. The van der Waals surface area contributed by atoms with E-state index in [1.165, 1.54) is 0 Å². The molecule has 1 amide bonds. The van der Waals surface area contributed by atoms with E-state index in [4.69, 9.17) is 0 Å². The molecule has 0 aliphatic carbocycles. The van der Waals surface area contributed by atoms with Crippen LogP contribution in [0.3, 0.4) is 0 Å². The maximum Gasteiger partial charge on any atom is 0.243 e. The van der Waals surface area contributed by atoms with E-state index >= 15 is 0 Å². The highest BCUT2D eigenvalue weighted by Crippen LogP contribution is 2.46. The SMILES string of the molecule is CC(=O)N1C[C@H]2CN(S(=O)(=O)c3ccc(C)cc3)C[C@H]2[C@@H]1c1ccccc1C. The smallest absolute Gasteiger partial charge is 0.243 e. The van der Waals surface area contributed by atoms with E-state index in [-0.39, 0.29) is 23.8 Å². The summed E-state index contributed by atoms with van der Waals surface area (Å²) in [5.74, 6) is 0.328. The van der Waals surface area contributed by atoms with Crippen molar-refractivity contribution in [1.82, 2.24) is 9.21 Å². The van der Waals surface area contributed by atoms with Gasteiger partial charge in [-0.3, -0.25) is 4.79 Å². The highest BCUT2D eigenvalue weighted by atomic mass is 32.2. The number of aryl methyl sites for hydroxylation is 2. The van der Waals surface area contributed by atoms with Crippen molar-refractivity contribution in [2.75, 3.05) is 19.6 Å². The number of sulfonamides is 1. The molecule has 0 radical (unpaired) electrons. The molecule has 28 heavy (non-hydrogen) atoms. The Balaban J connectivity index is 1.66. The zero-order valence-corrected chi connectivity index (χ0v) is 17.3. The van der Waals surface area contributed by atoms with Gasteiger partial charge in [-0.25, -0.2) is 8.42 Å². The van der Waals surface area contributed by atoms with Crippen molar-refractivity contribution in [1.29, 1.82) is 0 Å². The number of hydrogen-bond donors (Lipinski definition) is 0. The fourth-order valence-corrected chi connectivity index (χ4v) is 6.24. The third-order valence-corrected chi connectivity index (χ3v) is 8.05. The molecule has 2 aromatic rings. The van der Waals surface area contributed by atoms with Crippen LogP contribution in [0, 0.1) is 25.7 Å². The molecule has 2 fully saturated rings. The zero-order valence-electron chi connectivity index (χ0n) is 16.5. The van der Waals surface area contributed by atoms with Crippen molar-refractivity contribution in [3.05, 3.63) is 65.2 Å². The first kappa shape index (κ1) is 19.2. The fraction of sp³-hybridized carbons (Fsp3) is 0.409. The molecule has 0 spiro atoms. The minimum absolute atomic E-state index is 0.0515. The summed E-state index contributed by atoms with van der Waals surface area (Å²) in [7, 11) is -3.52. The molecular formula is C22H26N2O3S. The molecule has 0 aromatic heterocycles. The lowest BCUT2D eigenvalue weighted by Crippen LogP contribution is -2.36. The maximum absolute atomic E-state index is 13.1. The van der Waals surface area contributed by atoms with Gasteiger partial charge >= 0.3 is 0 Å². The number of carbonyl (C=O) groups is 1. The first-order valence-electron chi connectivity index (χ1n) is 9.68. The van der Waals surface area contributed by atoms with Crippen molar-refractivity contribution < 1.29 is 13.2 Å². The lowest BCUT2D eigenvalue weighted by atomic mass is 9.87. The minimum Gasteiger partial charge on any atom is -0.335 e. The Morgan fingerprint density at radius 2 is 1.64 bits per heavy atom. The van der Waals surface area contributed by atoms with E-state index in [1.54, 1.807) is 23.4 Å². The molecule has 2 saturated heterocycles. The molecule has 0 bridgehead atoms. The van der Waals surface area contributed by atoms with Gasteiger partial charge in [0.2, 0.25) is 15.9 Å². The van der Waals surface area contributed by atoms with Gasteiger partial charge in [-0.1, -0.05) is 42.0 Å². The first-order chi connectivity index (χ1) is 13.3. The van der Waals surface area contributed by atoms with Crippen LogP contribution in [0.5, 0.6) is 0 Å². The van der Waals surface area contributed by atoms with Gasteiger partial charge in [0, 0.05) is 32.5 Å². The molecule has 0 N–H and O–H groups in total.